The van der Waals surface area contributed by atoms with E-state index in [1.807, 2.05) is 13.8 Å². The Bertz CT molecular complexity index is 226. The van der Waals surface area contributed by atoms with Crippen molar-refractivity contribution in [1.82, 2.24) is 0 Å². The normalized spacial score (nSPS) is 28.7. The van der Waals surface area contributed by atoms with Gasteiger partial charge in [0.25, 0.3) is 0 Å². The van der Waals surface area contributed by atoms with Gasteiger partial charge in [-0.3, -0.25) is 9.59 Å². The van der Waals surface area contributed by atoms with Crippen LogP contribution >= 0.6 is 0 Å². The Morgan fingerprint density at radius 3 is 2.69 bits per heavy atom. The first-order valence-electron chi connectivity index (χ1n) is 4.29. The topological polar surface area (TPSA) is 52.6 Å². The zero-order valence-corrected chi connectivity index (χ0v) is 8.12. The van der Waals surface area contributed by atoms with Gasteiger partial charge in [0.2, 0.25) is 0 Å². The average Bonchev–Trinajstić information content (AvgIpc) is 1.97. The van der Waals surface area contributed by atoms with Crippen molar-refractivity contribution in [2.75, 3.05) is 6.61 Å². The van der Waals surface area contributed by atoms with E-state index in [1.54, 1.807) is 0 Å². The third kappa shape index (κ3) is 2.20. The van der Waals surface area contributed by atoms with E-state index in [1.165, 1.54) is 6.92 Å². The number of hydrogen-bond donors (Lipinski definition) is 0. The van der Waals surface area contributed by atoms with Crippen molar-refractivity contribution < 1.29 is 19.1 Å². The summed E-state index contributed by atoms with van der Waals surface area (Å²) in [5.74, 6) is -0.438. The molecular formula is C9H14O4. The molecule has 0 aromatic heterocycles. The van der Waals surface area contributed by atoms with E-state index in [4.69, 9.17) is 9.47 Å². The summed E-state index contributed by atoms with van der Waals surface area (Å²) in [7, 11) is 0. The minimum Gasteiger partial charge on any atom is -0.465 e. The van der Waals surface area contributed by atoms with Gasteiger partial charge in [0.15, 0.2) is 0 Å². The van der Waals surface area contributed by atoms with Gasteiger partial charge in [0.1, 0.15) is 5.60 Å². The second kappa shape index (κ2) is 3.36. The van der Waals surface area contributed by atoms with Crippen LogP contribution in [0.2, 0.25) is 0 Å². The summed E-state index contributed by atoms with van der Waals surface area (Å²) in [6, 6.07) is 0. The molecule has 1 saturated heterocycles. The van der Waals surface area contributed by atoms with Gasteiger partial charge in [-0.15, -0.1) is 0 Å². The lowest BCUT2D eigenvalue weighted by atomic mass is 9.84. The Labute approximate surface area is 77.2 Å². The number of rotatable bonds is 3. The SMILES string of the molecule is CC(=O)OC[C@@H](C)[C@]1(C)CC(=O)O1. The zero-order chi connectivity index (χ0) is 10.1. The lowest BCUT2D eigenvalue weighted by Crippen LogP contribution is -2.51. The number of carbonyl (C=O) groups is 2. The molecule has 0 unspecified atom stereocenters. The lowest BCUT2D eigenvalue weighted by molar-refractivity contribution is -0.200. The maximum Gasteiger partial charge on any atom is 0.310 e. The number of ether oxygens (including phenoxy) is 2. The van der Waals surface area contributed by atoms with Crippen LogP contribution in [0.5, 0.6) is 0 Å². The highest BCUT2D eigenvalue weighted by Gasteiger charge is 2.46. The smallest absolute Gasteiger partial charge is 0.310 e. The van der Waals surface area contributed by atoms with Crippen LogP contribution in [-0.2, 0) is 19.1 Å². The largest absolute Gasteiger partial charge is 0.465 e. The first-order valence-corrected chi connectivity index (χ1v) is 4.29. The Hall–Kier alpha value is -1.06. The maximum atomic E-state index is 10.6. The molecule has 2 atom stereocenters. The Balaban J connectivity index is 2.35. The number of hydrogen-bond acceptors (Lipinski definition) is 4. The van der Waals surface area contributed by atoms with Crippen LogP contribution < -0.4 is 0 Å². The molecule has 1 heterocycles. The maximum absolute atomic E-state index is 10.6. The van der Waals surface area contributed by atoms with Crippen molar-refractivity contribution in [2.24, 2.45) is 5.92 Å². The highest BCUT2D eigenvalue weighted by molar-refractivity contribution is 5.76. The molecule has 74 valence electrons. The fourth-order valence-electron chi connectivity index (χ4n) is 1.23. The van der Waals surface area contributed by atoms with E-state index in [0.29, 0.717) is 13.0 Å². The molecule has 1 aliphatic rings. The number of carbonyl (C=O) groups excluding carboxylic acids is 2. The Morgan fingerprint density at radius 2 is 2.31 bits per heavy atom. The number of cyclic esters (lactones) is 1. The molecule has 0 N–H and O–H groups in total. The predicted molar refractivity (Wildman–Crippen MR) is 44.9 cm³/mol. The van der Waals surface area contributed by atoms with Crippen molar-refractivity contribution in [3.63, 3.8) is 0 Å². The fourth-order valence-corrected chi connectivity index (χ4v) is 1.23. The third-order valence-electron chi connectivity index (χ3n) is 2.42. The van der Waals surface area contributed by atoms with Crippen molar-refractivity contribution in [3.8, 4) is 0 Å². The van der Waals surface area contributed by atoms with Crippen LogP contribution in [0.1, 0.15) is 27.2 Å². The van der Waals surface area contributed by atoms with Crippen LogP contribution in [0, 0.1) is 5.92 Å². The Kier molecular flexibility index (Phi) is 2.59. The molecule has 1 aliphatic heterocycles. The van der Waals surface area contributed by atoms with E-state index in [9.17, 15) is 9.59 Å². The second-order valence-corrected chi connectivity index (χ2v) is 3.67. The Morgan fingerprint density at radius 1 is 1.77 bits per heavy atom. The van der Waals surface area contributed by atoms with Gasteiger partial charge < -0.3 is 9.47 Å². The van der Waals surface area contributed by atoms with Gasteiger partial charge in [-0.2, -0.15) is 0 Å². The van der Waals surface area contributed by atoms with Gasteiger partial charge >= 0.3 is 11.9 Å². The minimum atomic E-state index is -0.438. The standard InChI is InChI=1S/C9H14O4/c1-6(5-12-7(2)10)9(3)4-8(11)13-9/h6H,4-5H2,1-3H3/t6-,9+/m1/s1. The minimum absolute atomic E-state index is 0.0501. The van der Waals surface area contributed by atoms with E-state index in [2.05, 4.69) is 0 Å². The van der Waals surface area contributed by atoms with E-state index in [0.717, 1.165) is 0 Å². The van der Waals surface area contributed by atoms with Gasteiger partial charge in [-0.25, -0.2) is 0 Å². The highest BCUT2D eigenvalue weighted by atomic mass is 16.6. The van der Waals surface area contributed by atoms with Crippen molar-refractivity contribution >= 4 is 11.9 Å². The van der Waals surface area contributed by atoms with Crippen LogP contribution in [-0.4, -0.2) is 24.1 Å². The molecule has 0 saturated carbocycles. The molecular weight excluding hydrogens is 172 g/mol. The van der Waals surface area contributed by atoms with E-state index in [-0.39, 0.29) is 17.9 Å². The molecule has 0 aromatic rings. The van der Waals surface area contributed by atoms with Crippen LogP contribution in [0.4, 0.5) is 0 Å². The summed E-state index contributed by atoms with van der Waals surface area (Å²) >= 11 is 0. The lowest BCUT2D eigenvalue weighted by Gasteiger charge is -2.41. The summed E-state index contributed by atoms with van der Waals surface area (Å²) in [6.07, 6.45) is 0.412. The average molecular weight is 186 g/mol. The van der Waals surface area contributed by atoms with Crippen LogP contribution in [0.15, 0.2) is 0 Å². The summed E-state index contributed by atoms with van der Waals surface area (Å²) < 4.78 is 9.82. The molecule has 0 aliphatic carbocycles. The summed E-state index contributed by atoms with van der Waals surface area (Å²) in [5.41, 5.74) is -0.438. The van der Waals surface area contributed by atoms with Crippen molar-refractivity contribution in [2.45, 2.75) is 32.8 Å². The first kappa shape index (κ1) is 10.0. The molecule has 4 heteroatoms. The van der Waals surface area contributed by atoms with E-state index >= 15 is 0 Å². The molecule has 1 rings (SSSR count). The third-order valence-corrected chi connectivity index (χ3v) is 2.42. The monoisotopic (exact) mass is 186 g/mol. The number of esters is 2. The van der Waals surface area contributed by atoms with Gasteiger partial charge in [-0.05, 0) is 6.92 Å². The van der Waals surface area contributed by atoms with Crippen LogP contribution in [0.25, 0.3) is 0 Å². The molecule has 1 fully saturated rings. The van der Waals surface area contributed by atoms with E-state index < -0.39 is 5.60 Å². The molecule has 0 bridgehead atoms. The van der Waals surface area contributed by atoms with Crippen molar-refractivity contribution in [3.05, 3.63) is 0 Å². The fraction of sp³-hybridized carbons (Fsp3) is 0.778. The summed E-state index contributed by atoms with van der Waals surface area (Å²) in [4.78, 5) is 21.1. The quantitative estimate of drug-likeness (QED) is 0.614. The first-order chi connectivity index (χ1) is 5.94. The molecule has 0 aromatic carbocycles. The summed E-state index contributed by atoms with van der Waals surface area (Å²) in [5, 5.41) is 0. The van der Waals surface area contributed by atoms with Gasteiger partial charge in [-0.1, -0.05) is 6.92 Å². The van der Waals surface area contributed by atoms with Crippen LogP contribution in [0.3, 0.4) is 0 Å². The molecule has 0 amide bonds. The van der Waals surface area contributed by atoms with Gasteiger partial charge in [0.05, 0.1) is 13.0 Å². The van der Waals surface area contributed by atoms with Gasteiger partial charge in [0, 0.05) is 12.8 Å². The predicted octanol–water partition coefficient (Wildman–Crippen LogP) is 0.891. The summed E-state index contributed by atoms with van der Waals surface area (Å²) in [6.45, 7) is 5.42. The molecule has 4 nitrogen and oxygen atoms in total. The van der Waals surface area contributed by atoms with Crippen molar-refractivity contribution in [1.29, 1.82) is 0 Å². The second-order valence-electron chi connectivity index (χ2n) is 3.67. The molecule has 0 spiro atoms. The molecule has 13 heavy (non-hydrogen) atoms. The molecule has 0 radical (unpaired) electrons. The highest BCUT2D eigenvalue weighted by Crippen LogP contribution is 2.34. The zero-order valence-electron chi connectivity index (χ0n) is 8.12.